The lowest BCUT2D eigenvalue weighted by atomic mass is 10.1. The highest BCUT2D eigenvalue weighted by atomic mass is 15.1. The highest BCUT2D eigenvalue weighted by Gasteiger charge is 2.08. The normalized spacial score (nSPS) is 12.8. The number of benzene rings is 1. The van der Waals surface area contributed by atoms with Gasteiger partial charge in [-0.15, -0.1) is 6.58 Å². The zero-order chi connectivity index (χ0) is 12.1. The number of hydrogen-bond acceptors (Lipinski definition) is 2. The molecule has 0 aliphatic carbocycles. The topological polar surface area (TPSA) is 29.9 Å². The highest BCUT2D eigenvalue weighted by molar-refractivity contribution is 5.74. The number of rotatable bonds is 6. The lowest BCUT2D eigenvalue weighted by Crippen LogP contribution is -2.29. The number of allylic oxidation sites excluding steroid dienone is 1. The van der Waals surface area contributed by atoms with Gasteiger partial charge in [0.2, 0.25) is 0 Å². The second-order valence-electron chi connectivity index (χ2n) is 4.24. The molecule has 1 aromatic carbocycles. The molecule has 0 saturated heterocycles. The number of nitrogens with zero attached hydrogens (tertiary/aromatic N) is 2. The Hall–Kier alpha value is -1.61. The van der Waals surface area contributed by atoms with E-state index < -0.39 is 0 Å². The van der Waals surface area contributed by atoms with Crippen molar-refractivity contribution in [2.75, 3.05) is 7.05 Å². The Morgan fingerprint density at radius 3 is 3.06 bits per heavy atom. The van der Waals surface area contributed by atoms with Gasteiger partial charge in [0.25, 0.3) is 0 Å². The molecule has 1 aromatic heterocycles. The van der Waals surface area contributed by atoms with Gasteiger partial charge in [-0.2, -0.15) is 0 Å². The number of imidazole rings is 1. The fraction of sp³-hybridized carbons (Fsp3) is 0.357. The summed E-state index contributed by atoms with van der Waals surface area (Å²) in [5, 5.41) is 3.34. The molecule has 1 unspecified atom stereocenters. The number of fused-ring (bicyclic) bond motifs is 1. The number of aromatic nitrogens is 2. The van der Waals surface area contributed by atoms with E-state index in [9.17, 15) is 0 Å². The average molecular weight is 229 g/mol. The van der Waals surface area contributed by atoms with E-state index >= 15 is 0 Å². The van der Waals surface area contributed by atoms with E-state index in [1.165, 1.54) is 5.52 Å². The summed E-state index contributed by atoms with van der Waals surface area (Å²) in [6.45, 7) is 4.72. The Morgan fingerprint density at radius 1 is 1.47 bits per heavy atom. The van der Waals surface area contributed by atoms with Gasteiger partial charge in [-0.25, -0.2) is 4.98 Å². The number of likely N-dealkylation sites (N-methyl/N-ethyl adjacent to an activating group) is 1. The highest BCUT2D eigenvalue weighted by Crippen LogP contribution is 2.13. The fourth-order valence-electron chi connectivity index (χ4n) is 2.04. The second-order valence-corrected chi connectivity index (χ2v) is 4.24. The first kappa shape index (κ1) is 11.9. The molecular formula is C14H19N3. The molecule has 1 atom stereocenters. The molecule has 1 heterocycles. The van der Waals surface area contributed by atoms with Gasteiger partial charge >= 0.3 is 0 Å². The first-order chi connectivity index (χ1) is 8.35. The van der Waals surface area contributed by atoms with Crippen LogP contribution < -0.4 is 5.32 Å². The summed E-state index contributed by atoms with van der Waals surface area (Å²) in [7, 11) is 2.01. The summed E-state index contributed by atoms with van der Waals surface area (Å²) >= 11 is 0. The zero-order valence-electron chi connectivity index (χ0n) is 10.3. The Labute approximate surface area is 102 Å². The Morgan fingerprint density at radius 2 is 2.29 bits per heavy atom. The number of hydrogen-bond donors (Lipinski definition) is 1. The van der Waals surface area contributed by atoms with Gasteiger partial charge in [-0.3, -0.25) is 0 Å². The summed E-state index contributed by atoms with van der Waals surface area (Å²) in [5.74, 6) is 0. The first-order valence-electron chi connectivity index (χ1n) is 6.03. The zero-order valence-corrected chi connectivity index (χ0v) is 10.3. The van der Waals surface area contributed by atoms with Crippen molar-refractivity contribution in [2.24, 2.45) is 0 Å². The summed E-state index contributed by atoms with van der Waals surface area (Å²) < 4.78 is 2.21. The molecule has 0 radical (unpaired) electrons. The van der Waals surface area contributed by atoms with E-state index in [0.717, 1.165) is 24.9 Å². The SMILES string of the molecule is C=CCCC(Cn1cnc2ccccc21)NC. The summed E-state index contributed by atoms with van der Waals surface area (Å²) in [5.41, 5.74) is 2.26. The molecule has 3 heteroatoms. The molecule has 1 N–H and O–H groups in total. The van der Waals surface area contributed by atoms with Gasteiger partial charge in [0.1, 0.15) is 0 Å². The van der Waals surface area contributed by atoms with Gasteiger partial charge in [-0.1, -0.05) is 18.2 Å². The molecule has 0 aliphatic rings. The van der Waals surface area contributed by atoms with E-state index in [1.54, 1.807) is 0 Å². The standard InChI is InChI=1S/C14H19N3/c1-3-4-7-12(15-2)10-17-11-16-13-8-5-6-9-14(13)17/h3,5-6,8-9,11-12,15H,1,4,7,10H2,2H3. The third-order valence-corrected chi connectivity index (χ3v) is 3.07. The third-order valence-electron chi connectivity index (χ3n) is 3.07. The molecule has 0 spiro atoms. The molecule has 0 aliphatic heterocycles. The van der Waals surface area contributed by atoms with Crippen molar-refractivity contribution >= 4 is 11.0 Å². The van der Waals surface area contributed by atoms with Crippen LogP contribution in [0.3, 0.4) is 0 Å². The molecule has 90 valence electrons. The van der Waals surface area contributed by atoms with Crippen molar-refractivity contribution < 1.29 is 0 Å². The van der Waals surface area contributed by atoms with Gasteiger partial charge < -0.3 is 9.88 Å². The van der Waals surface area contributed by atoms with Crippen molar-refractivity contribution in [3.63, 3.8) is 0 Å². The van der Waals surface area contributed by atoms with Crippen LogP contribution in [0.5, 0.6) is 0 Å². The molecule has 0 amide bonds. The molecule has 3 nitrogen and oxygen atoms in total. The van der Waals surface area contributed by atoms with Crippen LogP contribution in [0.1, 0.15) is 12.8 Å². The lowest BCUT2D eigenvalue weighted by molar-refractivity contribution is 0.462. The molecule has 0 saturated carbocycles. The predicted molar refractivity (Wildman–Crippen MR) is 72.0 cm³/mol. The molecule has 17 heavy (non-hydrogen) atoms. The minimum absolute atomic E-state index is 0.464. The van der Waals surface area contributed by atoms with Gasteiger partial charge in [0, 0.05) is 12.6 Å². The smallest absolute Gasteiger partial charge is 0.0958 e. The Bertz CT molecular complexity index is 487. The first-order valence-corrected chi connectivity index (χ1v) is 6.03. The van der Waals surface area contributed by atoms with Crippen LogP contribution in [0, 0.1) is 0 Å². The summed E-state index contributed by atoms with van der Waals surface area (Å²) in [6, 6.07) is 8.70. The maximum Gasteiger partial charge on any atom is 0.0958 e. The molecular weight excluding hydrogens is 210 g/mol. The third kappa shape index (κ3) is 2.74. The lowest BCUT2D eigenvalue weighted by Gasteiger charge is -2.16. The predicted octanol–water partition coefficient (Wildman–Crippen LogP) is 2.59. The molecule has 0 fully saturated rings. The monoisotopic (exact) mass is 229 g/mol. The molecule has 2 rings (SSSR count). The van der Waals surface area contributed by atoms with E-state index in [-0.39, 0.29) is 0 Å². The Kier molecular flexibility index (Phi) is 3.94. The minimum Gasteiger partial charge on any atom is -0.329 e. The van der Waals surface area contributed by atoms with Crippen LogP contribution in [0.15, 0.2) is 43.2 Å². The number of para-hydroxylation sites is 2. The largest absolute Gasteiger partial charge is 0.329 e. The van der Waals surface area contributed by atoms with E-state index in [2.05, 4.69) is 33.6 Å². The van der Waals surface area contributed by atoms with Crippen molar-refractivity contribution in [3.05, 3.63) is 43.2 Å². The second kappa shape index (κ2) is 5.64. The maximum atomic E-state index is 4.40. The van der Waals surface area contributed by atoms with E-state index in [1.807, 2.05) is 31.6 Å². The van der Waals surface area contributed by atoms with E-state index in [0.29, 0.717) is 6.04 Å². The van der Waals surface area contributed by atoms with Crippen LogP contribution in [-0.4, -0.2) is 22.6 Å². The van der Waals surface area contributed by atoms with Crippen molar-refractivity contribution in [1.82, 2.24) is 14.9 Å². The summed E-state index contributed by atoms with van der Waals surface area (Å²) in [6.07, 6.45) is 6.03. The van der Waals surface area contributed by atoms with Crippen LogP contribution in [0.2, 0.25) is 0 Å². The van der Waals surface area contributed by atoms with Crippen molar-refractivity contribution in [1.29, 1.82) is 0 Å². The van der Waals surface area contributed by atoms with Crippen molar-refractivity contribution in [2.45, 2.75) is 25.4 Å². The Balaban J connectivity index is 2.13. The maximum absolute atomic E-state index is 4.40. The van der Waals surface area contributed by atoms with Crippen LogP contribution in [0.4, 0.5) is 0 Å². The van der Waals surface area contributed by atoms with Gasteiger partial charge in [0.05, 0.1) is 17.4 Å². The minimum atomic E-state index is 0.464. The van der Waals surface area contributed by atoms with E-state index in [4.69, 9.17) is 0 Å². The molecule has 2 aromatic rings. The molecule has 0 bridgehead atoms. The number of nitrogens with one attached hydrogen (secondary N) is 1. The average Bonchev–Trinajstić information content (AvgIpc) is 2.78. The van der Waals surface area contributed by atoms with Crippen LogP contribution >= 0.6 is 0 Å². The van der Waals surface area contributed by atoms with Crippen LogP contribution in [0.25, 0.3) is 11.0 Å². The quantitative estimate of drug-likeness (QED) is 0.772. The summed E-state index contributed by atoms with van der Waals surface area (Å²) in [4.78, 5) is 4.40. The van der Waals surface area contributed by atoms with Gasteiger partial charge in [0.15, 0.2) is 0 Å². The van der Waals surface area contributed by atoms with Crippen molar-refractivity contribution in [3.8, 4) is 0 Å². The van der Waals surface area contributed by atoms with Gasteiger partial charge in [-0.05, 0) is 32.0 Å². The fourth-order valence-corrected chi connectivity index (χ4v) is 2.04. The van der Waals surface area contributed by atoms with Crippen LogP contribution in [-0.2, 0) is 6.54 Å².